The first-order valence-electron chi connectivity index (χ1n) is 9.34. The number of benzene rings is 2. The lowest BCUT2D eigenvalue weighted by Gasteiger charge is -2.19. The number of ether oxygens (including phenoxy) is 2. The highest BCUT2D eigenvalue weighted by Gasteiger charge is 2.19. The highest BCUT2D eigenvalue weighted by atomic mass is 16.5. The number of fused-ring (bicyclic) bond motifs is 2. The normalized spacial score (nSPS) is 19.2. The fourth-order valence-corrected chi connectivity index (χ4v) is 4.03. The molecule has 1 atom stereocenters. The summed E-state index contributed by atoms with van der Waals surface area (Å²) < 4.78 is 13.8. The number of aryl methyl sites for hydroxylation is 1. The molecule has 0 saturated carbocycles. The second kappa shape index (κ2) is 6.32. The predicted molar refractivity (Wildman–Crippen MR) is 102 cm³/mol. The molecule has 0 aliphatic carbocycles. The molecule has 5 heteroatoms. The van der Waals surface area contributed by atoms with E-state index in [1.165, 1.54) is 16.7 Å². The van der Waals surface area contributed by atoms with E-state index in [0.717, 1.165) is 55.0 Å². The van der Waals surface area contributed by atoms with Crippen LogP contribution in [0.5, 0.6) is 5.75 Å². The van der Waals surface area contributed by atoms with Crippen LogP contribution < -0.4 is 10.1 Å². The molecular weight excluding hydrogens is 326 g/mol. The quantitative estimate of drug-likeness (QED) is 0.775. The van der Waals surface area contributed by atoms with E-state index < -0.39 is 0 Å². The van der Waals surface area contributed by atoms with Crippen LogP contribution in [0.25, 0.3) is 11.0 Å². The van der Waals surface area contributed by atoms with Crippen molar-refractivity contribution in [2.24, 2.45) is 0 Å². The first-order chi connectivity index (χ1) is 12.8. The maximum absolute atomic E-state index is 5.84. The van der Waals surface area contributed by atoms with Gasteiger partial charge in [-0.3, -0.25) is 0 Å². The Balaban J connectivity index is 1.45. The van der Waals surface area contributed by atoms with Gasteiger partial charge < -0.3 is 19.4 Å². The van der Waals surface area contributed by atoms with Crippen LogP contribution in [-0.2, 0) is 11.3 Å². The average Bonchev–Trinajstić information content (AvgIpc) is 3.31. The van der Waals surface area contributed by atoms with Gasteiger partial charge in [-0.15, -0.1) is 0 Å². The van der Waals surface area contributed by atoms with Gasteiger partial charge in [0, 0.05) is 25.8 Å². The predicted octanol–water partition coefficient (Wildman–Crippen LogP) is 4.05. The fourth-order valence-electron chi connectivity index (χ4n) is 4.03. The molecule has 5 nitrogen and oxygen atoms in total. The molecule has 2 aromatic carbocycles. The van der Waals surface area contributed by atoms with Crippen molar-refractivity contribution in [1.29, 1.82) is 0 Å². The number of aromatic nitrogens is 2. The lowest BCUT2D eigenvalue weighted by molar-refractivity contribution is 0.111. The molecule has 0 spiro atoms. The number of imidazole rings is 1. The summed E-state index contributed by atoms with van der Waals surface area (Å²) in [6.07, 6.45) is 4.48. The summed E-state index contributed by atoms with van der Waals surface area (Å²) in [5, 5.41) is 3.37. The van der Waals surface area contributed by atoms with Crippen molar-refractivity contribution in [1.82, 2.24) is 9.55 Å². The number of nitrogens with one attached hydrogen (secondary N) is 1. The van der Waals surface area contributed by atoms with Crippen molar-refractivity contribution < 1.29 is 9.47 Å². The lowest BCUT2D eigenvalue weighted by Crippen LogP contribution is -2.17. The maximum atomic E-state index is 5.84. The molecule has 1 aromatic heterocycles. The van der Waals surface area contributed by atoms with E-state index in [1.54, 1.807) is 0 Å². The summed E-state index contributed by atoms with van der Waals surface area (Å²) in [4.78, 5) is 4.57. The molecule has 2 aliphatic heterocycles. The molecule has 1 saturated heterocycles. The Kier molecular flexibility index (Phi) is 3.82. The molecule has 26 heavy (non-hydrogen) atoms. The van der Waals surface area contributed by atoms with Gasteiger partial charge in [0.25, 0.3) is 0 Å². The van der Waals surface area contributed by atoms with Crippen molar-refractivity contribution in [2.45, 2.75) is 32.4 Å². The van der Waals surface area contributed by atoms with Gasteiger partial charge in [0.05, 0.1) is 29.2 Å². The molecule has 3 heterocycles. The molecule has 0 amide bonds. The van der Waals surface area contributed by atoms with Crippen LogP contribution in [0.1, 0.15) is 35.6 Å². The number of nitrogens with zero attached hydrogens (tertiary/aromatic N) is 2. The standard InChI is InChI=1S/C21H23N3O2/c1-14-9-15(4-5-16(14)20-3-2-7-25-20)12-24-13-23-17-10-18-21(11-19(17)24)26-8-6-22-18/h4-5,9-11,13,20,22H,2-3,6-8,12H2,1H3. The Morgan fingerprint density at radius 3 is 3.04 bits per heavy atom. The summed E-state index contributed by atoms with van der Waals surface area (Å²) >= 11 is 0. The maximum Gasteiger partial charge on any atom is 0.144 e. The Labute approximate surface area is 152 Å². The second-order valence-corrected chi connectivity index (χ2v) is 7.18. The van der Waals surface area contributed by atoms with Crippen molar-refractivity contribution >= 4 is 16.7 Å². The largest absolute Gasteiger partial charge is 0.490 e. The molecule has 0 bridgehead atoms. The first kappa shape index (κ1) is 15.7. The zero-order valence-electron chi connectivity index (χ0n) is 15.0. The summed E-state index contributed by atoms with van der Waals surface area (Å²) in [7, 11) is 0. The first-order valence-corrected chi connectivity index (χ1v) is 9.34. The molecular formula is C21H23N3O2. The van der Waals surface area contributed by atoms with Crippen LogP contribution in [-0.4, -0.2) is 29.3 Å². The van der Waals surface area contributed by atoms with Crippen molar-refractivity contribution in [3.05, 3.63) is 53.3 Å². The van der Waals surface area contributed by atoms with Gasteiger partial charge in [0.2, 0.25) is 0 Å². The van der Waals surface area contributed by atoms with Gasteiger partial charge >= 0.3 is 0 Å². The summed E-state index contributed by atoms with van der Waals surface area (Å²) in [6, 6.07) is 10.9. The Morgan fingerprint density at radius 1 is 1.23 bits per heavy atom. The van der Waals surface area contributed by atoms with Gasteiger partial charge in [0.1, 0.15) is 12.4 Å². The minimum atomic E-state index is 0.272. The number of hydrogen-bond donors (Lipinski definition) is 1. The number of rotatable bonds is 3. The van der Waals surface area contributed by atoms with Crippen LogP contribution in [0.3, 0.4) is 0 Å². The molecule has 0 radical (unpaired) electrons. The number of hydrogen-bond acceptors (Lipinski definition) is 4. The van der Waals surface area contributed by atoms with E-state index in [-0.39, 0.29) is 6.10 Å². The van der Waals surface area contributed by atoms with E-state index in [0.29, 0.717) is 6.61 Å². The van der Waals surface area contributed by atoms with Gasteiger partial charge in [-0.1, -0.05) is 18.2 Å². The SMILES string of the molecule is Cc1cc(Cn2cnc3cc4c(cc32)OCCN4)ccc1C1CCCO1. The fraction of sp³-hybridized carbons (Fsp3) is 0.381. The Hall–Kier alpha value is -2.53. The highest BCUT2D eigenvalue weighted by Crippen LogP contribution is 2.33. The molecule has 1 unspecified atom stereocenters. The zero-order valence-corrected chi connectivity index (χ0v) is 15.0. The van der Waals surface area contributed by atoms with E-state index in [9.17, 15) is 0 Å². The van der Waals surface area contributed by atoms with Crippen molar-refractivity contribution in [3.63, 3.8) is 0 Å². The summed E-state index contributed by atoms with van der Waals surface area (Å²) in [5.41, 5.74) is 7.05. The van der Waals surface area contributed by atoms with Crippen molar-refractivity contribution in [2.75, 3.05) is 25.1 Å². The molecule has 1 fully saturated rings. The lowest BCUT2D eigenvalue weighted by atomic mass is 9.99. The van der Waals surface area contributed by atoms with E-state index in [1.807, 2.05) is 6.33 Å². The van der Waals surface area contributed by atoms with Gasteiger partial charge in [-0.25, -0.2) is 4.98 Å². The van der Waals surface area contributed by atoms with Crippen LogP contribution in [0.2, 0.25) is 0 Å². The summed E-state index contributed by atoms with van der Waals surface area (Å²) in [5.74, 6) is 0.912. The van der Waals surface area contributed by atoms with Crippen LogP contribution in [0, 0.1) is 6.92 Å². The van der Waals surface area contributed by atoms with Gasteiger partial charge in [0.15, 0.2) is 0 Å². The number of anilines is 1. The summed E-state index contributed by atoms with van der Waals surface area (Å²) in [6.45, 7) is 5.41. The molecule has 3 aromatic rings. The monoisotopic (exact) mass is 349 g/mol. The Morgan fingerprint density at radius 2 is 2.19 bits per heavy atom. The molecule has 134 valence electrons. The Bertz CT molecular complexity index is 957. The van der Waals surface area contributed by atoms with E-state index in [2.05, 4.69) is 52.1 Å². The smallest absolute Gasteiger partial charge is 0.144 e. The third kappa shape index (κ3) is 2.72. The molecule has 5 rings (SSSR count). The van der Waals surface area contributed by atoms with E-state index >= 15 is 0 Å². The minimum Gasteiger partial charge on any atom is -0.490 e. The highest BCUT2D eigenvalue weighted by molar-refractivity contribution is 5.84. The van der Waals surface area contributed by atoms with Crippen LogP contribution in [0.4, 0.5) is 5.69 Å². The van der Waals surface area contributed by atoms with E-state index in [4.69, 9.17) is 9.47 Å². The molecule has 2 aliphatic rings. The zero-order chi connectivity index (χ0) is 17.5. The average molecular weight is 349 g/mol. The third-order valence-electron chi connectivity index (χ3n) is 5.36. The minimum absolute atomic E-state index is 0.272. The molecule has 1 N–H and O–H groups in total. The van der Waals surface area contributed by atoms with Crippen LogP contribution in [0.15, 0.2) is 36.7 Å². The topological polar surface area (TPSA) is 48.3 Å². The second-order valence-electron chi connectivity index (χ2n) is 7.18. The van der Waals surface area contributed by atoms with Crippen molar-refractivity contribution in [3.8, 4) is 5.75 Å². The van der Waals surface area contributed by atoms with Gasteiger partial charge in [-0.05, 0) is 42.5 Å². The van der Waals surface area contributed by atoms with Gasteiger partial charge in [-0.2, -0.15) is 0 Å². The van der Waals surface area contributed by atoms with Crippen LogP contribution >= 0.6 is 0 Å². The third-order valence-corrected chi connectivity index (χ3v) is 5.36.